The second-order valence-corrected chi connectivity index (χ2v) is 6.85. The minimum atomic E-state index is -0.684. The Labute approximate surface area is 162 Å². The molecule has 138 valence electrons. The Morgan fingerprint density at radius 3 is 2.62 bits per heavy atom. The lowest BCUT2D eigenvalue weighted by Gasteiger charge is -2.24. The zero-order valence-corrected chi connectivity index (χ0v) is 16.0. The molecule has 0 bridgehead atoms. The lowest BCUT2D eigenvalue weighted by molar-refractivity contribution is -0.137. The van der Waals surface area contributed by atoms with Crippen LogP contribution in [-0.2, 0) is 11.3 Å². The summed E-state index contributed by atoms with van der Waals surface area (Å²) in [5.74, 6) is 1.69. The summed E-state index contributed by atoms with van der Waals surface area (Å²) in [6.07, 6.45) is -0.684. The Balaban J connectivity index is 1.63. The zero-order chi connectivity index (χ0) is 18.7. The van der Waals surface area contributed by atoms with Gasteiger partial charge in [0.2, 0.25) is 0 Å². The lowest BCUT2D eigenvalue weighted by atomic mass is 10.1. The fourth-order valence-electron chi connectivity index (χ4n) is 2.66. The zero-order valence-electron chi connectivity index (χ0n) is 14.5. The number of hydrogen-bond acceptors (Lipinski definition) is 4. The van der Waals surface area contributed by atoms with Crippen LogP contribution in [0.5, 0.6) is 17.2 Å². The predicted molar refractivity (Wildman–Crippen MR) is 100 cm³/mol. The Morgan fingerprint density at radius 2 is 1.88 bits per heavy atom. The molecule has 0 fully saturated rings. The first-order chi connectivity index (χ1) is 12.4. The molecule has 1 aliphatic heterocycles. The molecular weight excluding hydrogens is 377 g/mol. The molecule has 0 aromatic heterocycles. The Bertz CT molecular complexity index is 812. The number of benzene rings is 2. The molecule has 1 heterocycles. The van der Waals surface area contributed by atoms with Crippen LogP contribution in [0.25, 0.3) is 0 Å². The first kappa shape index (κ1) is 18.7. The summed E-state index contributed by atoms with van der Waals surface area (Å²) in [5, 5.41) is 0.878. The van der Waals surface area contributed by atoms with Gasteiger partial charge in [0.25, 0.3) is 5.91 Å². The molecule has 1 aliphatic rings. The second kappa shape index (κ2) is 8.06. The summed E-state index contributed by atoms with van der Waals surface area (Å²) in [5.41, 5.74) is 0.946. The van der Waals surface area contributed by atoms with Gasteiger partial charge in [0, 0.05) is 18.6 Å². The number of ether oxygens (including phenoxy) is 3. The topological polar surface area (TPSA) is 48.0 Å². The molecule has 1 atom stereocenters. The van der Waals surface area contributed by atoms with Crippen LogP contribution in [0, 0.1) is 0 Å². The van der Waals surface area contributed by atoms with E-state index < -0.39 is 6.10 Å². The van der Waals surface area contributed by atoms with Gasteiger partial charge >= 0.3 is 0 Å². The van der Waals surface area contributed by atoms with Crippen molar-refractivity contribution in [2.75, 3.05) is 20.3 Å². The number of hydrogen-bond donors (Lipinski definition) is 0. The van der Waals surface area contributed by atoms with Crippen LogP contribution in [0.2, 0.25) is 10.0 Å². The van der Waals surface area contributed by atoms with Crippen molar-refractivity contribution in [2.45, 2.75) is 19.6 Å². The summed E-state index contributed by atoms with van der Waals surface area (Å²) < 4.78 is 16.8. The minimum absolute atomic E-state index is 0.161. The number of amides is 1. The number of carbonyl (C=O) groups excluding carboxylic acids is 1. The third-order valence-electron chi connectivity index (χ3n) is 3.95. The largest absolute Gasteiger partial charge is 0.486 e. The fraction of sp³-hybridized carbons (Fsp3) is 0.316. The van der Waals surface area contributed by atoms with E-state index in [1.54, 1.807) is 37.1 Å². The van der Waals surface area contributed by atoms with Gasteiger partial charge in [0.15, 0.2) is 17.6 Å². The lowest BCUT2D eigenvalue weighted by Crippen LogP contribution is -2.37. The van der Waals surface area contributed by atoms with Gasteiger partial charge < -0.3 is 19.1 Å². The van der Waals surface area contributed by atoms with E-state index in [-0.39, 0.29) is 5.91 Å². The van der Waals surface area contributed by atoms with Gasteiger partial charge in [-0.1, -0.05) is 29.3 Å². The smallest absolute Gasteiger partial charge is 0.263 e. The maximum atomic E-state index is 12.6. The summed E-state index contributed by atoms with van der Waals surface area (Å²) in [4.78, 5) is 14.2. The van der Waals surface area contributed by atoms with Crippen LogP contribution >= 0.6 is 23.2 Å². The SMILES string of the molecule is CC(Oc1ccc(Cl)cc1Cl)C(=O)N(C)Cc1ccc2c(c1)OCCO2. The van der Waals surface area contributed by atoms with Gasteiger partial charge in [-0.15, -0.1) is 0 Å². The number of fused-ring (bicyclic) bond motifs is 1. The monoisotopic (exact) mass is 395 g/mol. The standard InChI is InChI=1S/C19H19Cl2NO4/c1-12(26-16-6-4-14(20)10-15(16)21)19(23)22(2)11-13-3-5-17-18(9-13)25-8-7-24-17/h3-6,9-10,12H,7-8,11H2,1-2H3. The molecule has 0 saturated carbocycles. The van der Waals surface area contributed by atoms with E-state index in [1.807, 2.05) is 18.2 Å². The number of rotatable bonds is 5. The van der Waals surface area contributed by atoms with Crippen molar-refractivity contribution in [1.29, 1.82) is 0 Å². The molecular formula is C19H19Cl2NO4. The summed E-state index contributed by atoms with van der Waals surface area (Å²) >= 11 is 12.0. The van der Waals surface area contributed by atoms with Gasteiger partial charge in [0.05, 0.1) is 5.02 Å². The highest BCUT2D eigenvalue weighted by molar-refractivity contribution is 6.35. The Morgan fingerprint density at radius 1 is 1.15 bits per heavy atom. The van der Waals surface area contributed by atoms with Crippen LogP contribution in [-0.4, -0.2) is 37.2 Å². The summed E-state index contributed by atoms with van der Waals surface area (Å²) in [6, 6.07) is 10.6. The molecule has 0 aliphatic carbocycles. The average molecular weight is 396 g/mol. The molecule has 0 N–H and O–H groups in total. The molecule has 7 heteroatoms. The molecule has 0 saturated heterocycles. The van der Waals surface area contributed by atoms with E-state index in [4.69, 9.17) is 37.4 Å². The van der Waals surface area contributed by atoms with Crippen molar-refractivity contribution in [3.8, 4) is 17.2 Å². The van der Waals surface area contributed by atoms with Crippen LogP contribution < -0.4 is 14.2 Å². The maximum Gasteiger partial charge on any atom is 0.263 e. The van der Waals surface area contributed by atoms with Gasteiger partial charge in [-0.3, -0.25) is 4.79 Å². The van der Waals surface area contributed by atoms with E-state index in [2.05, 4.69) is 0 Å². The van der Waals surface area contributed by atoms with Crippen molar-refractivity contribution >= 4 is 29.1 Å². The summed E-state index contributed by atoms with van der Waals surface area (Å²) in [6.45, 7) is 3.19. The van der Waals surface area contributed by atoms with Crippen molar-refractivity contribution in [1.82, 2.24) is 4.90 Å². The van der Waals surface area contributed by atoms with Gasteiger partial charge in [0.1, 0.15) is 19.0 Å². The van der Waals surface area contributed by atoms with E-state index >= 15 is 0 Å². The van der Waals surface area contributed by atoms with Crippen LogP contribution in [0.1, 0.15) is 12.5 Å². The second-order valence-electron chi connectivity index (χ2n) is 6.01. The Hall–Kier alpha value is -2.11. The minimum Gasteiger partial charge on any atom is -0.486 e. The van der Waals surface area contributed by atoms with Crippen molar-refractivity contribution < 1.29 is 19.0 Å². The summed E-state index contributed by atoms with van der Waals surface area (Å²) in [7, 11) is 1.72. The molecule has 26 heavy (non-hydrogen) atoms. The van der Waals surface area contributed by atoms with E-state index in [0.29, 0.717) is 41.3 Å². The molecule has 0 radical (unpaired) electrons. The van der Waals surface area contributed by atoms with Crippen molar-refractivity contribution in [3.63, 3.8) is 0 Å². The highest BCUT2D eigenvalue weighted by Crippen LogP contribution is 2.31. The van der Waals surface area contributed by atoms with Crippen molar-refractivity contribution in [2.24, 2.45) is 0 Å². The fourth-order valence-corrected chi connectivity index (χ4v) is 3.11. The van der Waals surface area contributed by atoms with E-state index in [0.717, 1.165) is 11.3 Å². The first-order valence-electron chi connectivity index (χ1n) is 8.19. The number of nitrogens with zero attached hydrogens (tertiary/aromatic N) is 1. The van der Waals surface area contributed by atoms with Gasteiger partial charge in [-0.2, -0.15) is 0 Å². The van der Waals surface area contributed by atoms with Crippen molar-refractivity contribution in [3.05, 3.63) is 52.0 Å². The number of carbonyl (C=O) groups is 1. The van der Waals surface area contributed by atoms with E-state index in [9.17, 15) is 4.79 Å². The van der Waals surface area contributed by atoms with Crippen LogP contribution in [0.3, 0.4) is 0 Å². The molecule has 1 unspecified atom stereocenters. The van der Waals surface area contributed by atoms with Gasteiger partial charge in [-0.05, 0) is 42.8 Å². The molecule has 2 aromatic carbocycles. The molecule has 2 aromatic rings. The first-order valence-corrected chi connectivity index (χ1v) is 8.95. The third-order valence-corrected chi connectivity index (χ3v) is 4.48. The van der Waals surface area contributed by atoms with Gasteiger partial charge in [-0.25, -0.2) is 0 Å². The third kappa shape index (κ3) is 4.34. The average Bonchev–Trinajstić information content (AvgIpc) is 2.63. The van der Waals surface area contributed by atoms with E-state index in [1.165, 1.54) is 0 Å². The maximum absolute atomic E-state index is 12.6. The van der Waals surface area contributed by atoms with Crippen LogP contribution in [0.15, 0.2) is 36.4 Å². The normalized spacial score (nSPS) is 13.8. The predicted octanol–water partition coefficient (Wildman–Crippen LogP) is 4.19. The number of likely N-dealkylation sites (N-methyl/N-ethyl adjacent to an activating group) is 1. The highest BCUT2D eigenvalue weighted by Gasteiger charge is 2.21. The Kier molecular flexibility index (Phi) is 5.79. The molecule has 0 spiro atoms. The quantitative estimate of drug-likeness (QED) is 0.761. The van der Waals surface area contributed by atoms with Crippen LogP contribution in [0.4, 0.5) is 0 Å². The molecule has 3 rings (SSSR count). The highest BCUT2D eigenvalue weighted by atomic mass is 35.5. The molecule has 5 nitrogen and oxygen atoms in total. The number of halogens is 2. The molecule has 1 amide bonds.